The second-order valence-electron chi connectivity index (χ2n) is 6.33. The van der Waals surface area contributed by atoms with Crippen molar-refractivity contribution < 1.29 is 14.0 Å². The van der Waals surface area contributed by atoms with Crippen molar-refractivity contribution in [2.75, 3.05) is 18.4 Å². The summed E-state index contributed by atoms with van der Waals surface area (Å²) in [5, 5.41) is 5.70. The predicted octanol–water partition coefficient (Wildman–Crippen LogP) is 3.40. The van der Waals surface area contributed by atoms with Gasteiger partial charge < -0.3 is 15.5 Å². The van der Waals surface area contributed by atoms with Crippen LogP contribution < -0.4 is 10.6 Å². The third-order valence-electron chi connectivity index (χ3n) is 4.61. The molecule has 0 aliphatic carbocycles. The highest BCUT2D eigenvalue weighted by atomic mass is 19.1. The van der Waals surface area contributed by atoms with Crippen LogP contribution in [0.5, 0.6) is 0 Å². The molecule has 2 aromatic carbocycles. The molecule has 1 aliphatic rings. The number of rotatable bonds is 3. The molecule has 1 fully saturated rings. The maximum atomic E-state index is 13.6. The zero-order valence-electron chi connectivity index (χ0n) is 14.9. The second-order valence-corrected chi connectivity index (χ2v) is 6.33. The number of aryl methyl sites for hydroxylation is 2. The molecule has 6 heteroatoms. The minimum atomic E-state index is -0.853. The maximum Gasteiger partial charge on any atom is 0.322 e. The fourth-order valence-electron chi connectivity index (χ4n) is 3.27. The number of urea groups is 1. The number of benzene rings is 2. The van der Waals surface area contributed by atoms with Gasteiger partial charge in [0, 0.05) is 18.8 Å². The van der Waals surface area contributed by atoms with Crippen LogP contribution >= 0.6 is 0 Å². The third kappa shape index (κ3) is 3.54. The summed E-state index contributed by atoms with van der Waals surface area (Å²) in [7, 11) is 0. The first-order valence-corrected chi connectivity index (χ1v) is 8.70. The van der Waals surface area contributed by atoms with Crippen molar-refractivity contribution in [2.45, 2.75) is 26.3 Å². The van der Waals surface area contributed by atoms with Crippen molar-refractivity contribution >= 4 is 17.6 Å². The van der Waals surface area contributed by atoms with Crippen molar-refractivity contribution in [1.82, 2.24) is 10.2 Å². The Morgan fingerprint density at radius 3 is 2.81 bits per heavy atom. The number of nitrogens with one attached hydrogen (secondary N) is 2. The number of anilines is 1. The van der Waals surface area contributed by atoms with Gasteiger partial charge in [-0.3, -0.25) is 4.79 Å². The highest BCUT2D eigenvalue weighted by Crippen LogP contribution is 2.27. The Kier molecular flexibility index (Phi) is 5.21. The van der Waals surface area contributed by atoms with Gasteiger partial charge in [0.15, 0.2) is 0 Å². The highest BCUT2D eigenvalue weighted by molar-refractivity contribution is 5.96. The Balaban J connectivity index is 1.90. The summed E-state index contributed by atoms with van der Waals surface area (Å²) >= 11 is 0. The van der Waals surface area contributed by atoms with E-state index < -0.39 is 11.9 Å². The number of para-hydroxylation sites is 1. The average molecular weight is 355 g/mol. The molecule has 0 radical (unpaired) electrons. The van der Waals surface area contributed by atoms with Crippen LogP contribution in [0, 0.1) is 12.7 Å². The van der Waals surface area contributed by atoms with Crippen molar-refractivity contribution in [2.24, 2.45) is 0 Å². The smallest absolute Gasteiger partial charge is 0.322 e. The van der Waals surface area contributed by atoms with Crippen LogP contribution in [0.4, 0.5) is 14.9 Å². The average Bonchev–Trinajstić information content (AvgIpc) is 2.63. The maximum absolute atomic E-state index is 13.6. The lowest BCUT2D eigenvalue weighted by Gasteiger charge is -2.35. The molecular formula is C20H22FN3O2. The molecule has 2 N–H and O–H groups in total. The number of nitrogens with zero attached hydrogens (tertiary/aromatic N) is 1. The van der Waals surface area contributed by atoms with Crippen LogP contribution in [0.2, 0.25) is 0 Å². The Morgan fingerprint density at radius 2 is 2.08 bits per heavy atom. The van der Waals surface area contributed by atoms with E-state index >= 15 is 0 Å². The highest BCUT2D eigenvalue weighted by Gasteiger charge is 2.34. The van der Waals surface area contributed by atoms with Crippen molar-refractivity contribution in [1.29, 1.82) is 0 Å². The largest absolute Gasteiger partial charge is 0.352 e. The molecule has 0 spiro atoms. The first-order chi connectivity index (χ1) is 12.5. The molecule has 1 aliphatic heterocycles. The van der Waals surface area contributed by atoms with Crippen molar-refractivity contribution in [3.63, 3.8) is 0 Å². The predicted molar refractivity (Wildman–Crippen MR) is 98.4 cm³/mol. The Hall–Kier alpha value is -2.89. The van der Waals surface area contributed by atoms with E-state index in [2.05, 4.69) is 10.6 Å². The Labute approximate surface area is 152 Å². The molecule has 0 saturated carbocycles. The van der Waals surface area contributed by atoms with Crippen molar-refractivity contribution in [3.05, 3.63) is 65.0 Å². The Bertz CT molecular complexity index is 838. The van der Waals surface area contributed by atoms with Gasteiger partial charge in [-0.15, -0.1) is 0 Å². The van der Waals surface area contributed by atoms with Gasteiger partial charge in [0.05, 0.1) is 0 Å². The standard InChI is InChI=1S/C20H22FN3O2/c1-3-14-7-4-6-13(2)17(14)23-20(26)24-11-10-22-19(25)18(24)15-8-5-9-16(21)12-15/h4-9,12,18H,3,10-11H2,1-2H3,(H,22,25)(H,23,26)/t18-/m1/s1. The first-order valence-electron chi connectivity index (χ1n) is 8.70. The van der Waals surface area contributed by atoms with E-state index in [-0.39, 0.29) is 11.9 Å². The summed E-state index contributed by atoms with van der Waals surface area (Å²) in [5.41, 5.74) is 3.21. The van der Waals surface area contributed by atoms with Gasteiger partial charge in [-0.25, -0.2) is 9.18 Å². The van der Waals surface area contributed by atoms with Crippen LogP contribution in [0.3, 0.4) is 0 Å². The molecule has 1 saturated heterocycles. The van der Waals surface area contributed by atoms with Gasteiger partial charge in [0.1, 0.15) is 11.9 Å². The number of halogens is 1. The van der Waals surface area contributed by atoms with E-state index in [1.807, 2.05) is 32.0 Å². The van der Waals surface area contributed by atoms with E-state index in [1.54, 1.807) is 12.1 Å². The van der Waals surface area contributed by atoms with Gasteiger partial charge in [-0.2, -0.15) is 0 Å². The topological polar surface area (TPSA) is 61.4 Å². The molecule has 3 rings (SSSR count). The van der Waals surface area contributed by atoms with E-state index in [0.717, 1.165) is 23.2 Å². The fraction of sp³-hybridized carbons (Fsp3) is 0.300. The van der Waals surface area contributed by atoms with Crippen LogP contribution in [0.1, 0.15) is 29.7 Å². The monoisotopic (exact) mass is 355 g/mol. The molecule has 2 aromatic rings. The number of carbonyl (C=O) groups is 2. The number of carbonyl (C=O) groups excluding carboxylic acids is 2. The van der Waals surface area contributed by atoms with Crippen LogP contribution in [0.25, 0.3) is 0 Å². The minimum absolute atomic E-state index is 0.308. The minimum Gasteiger partial charge on any atom is -0.352 e. The van der Waals surface area contributed by atoms with Crippen LogP contribution in [-0.4, -0.2) is 29.9 Å². The molecule has 0 aromatic heterocycles. The van der Waals surface area contributed by atoms with E-state index in [9.17, 15) is 14.0 Å². The quantitative estimate of drug-likeness (QED) is 0.886. The van der Waals surface area contributed by atoms with Gasteiger partial charge in [0.25, 0.3) is 0 Å². The van der Waals surface area contributed by atoms with Gasteiger partial charge in [-0.1, -0.05) is 37.3 Å². The molecule has 26 heavy (non-hydrogen) atoms. The molecule has 1 heterocycles. The first kappa shape index (κ1) is 17.9. The number of amides is 3. The fourth-order valence-corrected chi connectivity index (χ4v) is 3.27. The molecule has 3 amide bonds. The summed E-state index contributed by atoms with van der Waals surface area (Å²) in [6.07, 6.45) is 0.783. The van der Waals surface area contributed by atoms with Crippen molar-refractivity contribution in [3.8, 4) is 0 Å². The molecule has 1 atom stereocenters. The zero-order valence-corrected chi connectivity index (χ0v) is 14.9. The lowest BCUT2D eigenvalue weighted by molar-refractivity contribution is -0.127. The third-order valence-corrected chi connectivity index (χ3v) is 4.61. The lowest BCUT2D eigenvalue weighted by atomic mass is 10.0. The Morgan fingerprint density at radius 1 is 1.31 bits per heavy atom. The van der Waals surface area contributed by atoms with Gasteiger partial charge in [-0.05, 0) is 42.2 Å². The molecule has 0 unspecified atom stereocenters. The summed E-state index contributed by atoms with van der Waals surface area (Å²) in [5.74, 6) is -0.745. The lowest BCUT2D eigenvalue weighted by Crippen LogP contribution is -2.53. The van der Waals surface area contributed by atoms with E-state index in [1.165, 1.54) is 17.0 Å². The molecule has 136 valence electrons. The molecular weight excluding hydrogens is 333 g/mol. The number of hydrogen-bond donors (Lipinski definition) is 2. The van der Waals surface area contributed by atoms with Crippen LogP contribution in [0.15, 0.2) is 42.5 Å². The van der Waals surface area contributed by atoms with Gasteiger partial charge >= 0.3 is 6.03 Å². The molecule has 5 nitrogen and oxygen atoms in total. The van der Waals surface area contributed by atoms with E-state index in [0.29, 0.717) is 18.7 Å². The summed E-state index contributed by atoms with van der Waals surface area (Å²) in [4.78, 5) is 26.8. The summed E-state index contributed by atoms with van der Waals surface area (Å²) < 4.78 is 13.6. The van der Waals surface area contributed by atoms with Crippen LogP contribution in [-0.2, 0) is 11.2 Å². The SMILES string of the molecule is CCc1cccc(C)c1NC(=O)N1CCNC(=O)[C@H]1c1cccc(F)c1. The second kappa shape index (κ2) is 7.56. The number of piperazine rings is 1. The number of hydrogen-bond acceptors (Lipinski definition) is 2. The summed E-state index contributed by atoms with van der Waals surface area (Å²) in [6, 6.07) is 10.4. The summed E-state index contributed by atoms with van der Waals surface area (Å²) in [6.45, 7) is 4.68. The van der Waals surface area contributed by atoms with Gasteiger partial charge in [0.2, 0.25) is 5.91 Å². The van der Waals surface area contributed by atoms with E-state index in [4.69, 9.17) is 0 Å². The normalized spacial score (nSPS) is 17.0. The zero-order chi connectivity index (χ0) is 18.7. The molecule has 0 bridgehead atoms.